The summed E-state index contributed by atoms with van der Waals surface area (Å²) in [6.07, 6.45) is 6.80. The van der Waals surface area contributed by atoms with E-state index in [0.717, 1.165) is 24.8 Å². The van der Waals surface area contributed by atoms with Crippen molar-refractivity contribution in [1.29, 1.82) is 0 Å². The molecule has 0 aromatic carbocycles. The van der Waals surface area contributed by atoms with E-state index in [-0.39, 0.29) is 5.41 Å². The lowest BCUT2D eigenvalue weighted by atomic mass is 9.80. The Labute approximate surface area is 105 Å². The van der Waals surface area contributed by atoms with Crippen LogP contribution in [0.3, 0.4) is 0 Å². The van der Waals surface area contributed by atoms with E-state index >= 15 is 0 Å². The minimum atomic E-state index is -0.476. The lowest BCUT2D eigenvalue weighted by molar-refractivity contribution is 0.0797. The molecule has 0 aromatic heterocycles. The first-order valence-electron chi connectivity index (χ1n) is 6.53. The van der Waals surface area contributed by atoms with Crippen LogP contribution in [0.5, 0.6) is 0 Å². The average Bonchev–Trinajstić information content (AvgIpc) is 2.25. The van der Waals surface area contributed by atoms with Gasteiger partial charge in [-0.2, -0.15) is 0 Å². The Kier molecular flexibility index (Phi) is 4.96. The van der Waals surface area contributed by atoms with Gasteiger partial charge in [0.1, 0.15) is 0 Å². The molecule has 17 heavy (non-hydrogen) atoms. The Morgan fingerprint density at radius 1 is 1.24 bits per heavy atom. The summed E-state index contributed by atoms with van der Waals surface area (Å²) in [6, 6.07) is 0. The highest BCUT2D eigenvalue weighted by atomic mass is 16.3. The lowest BCUT2D eigenvalue weighted by Crippen LogP contribution is -2.28. The van der Waals surface area contributed by atoms with E-state index in [1.54, 1.807) is 0 Å². The van der Waals surface area contributed by atoms with Gasteiger partial charge in [-0.1, -0.05) is 31.6 Å². The number of hydrogen-bond donors (Lipinski definition) is 2. The number of allylic oxidation sites excluding steroid dienone is 1. The Hall–Kier alpha value is -0.600. The molecule has 0 radical (unpaired) electrons. The lowest BCUT2D eigenvalue weighted by Gasteiger charge is -2.29. The van der Waals surface area contributed by atoms with Gasteiger partial charge in [0, 0.05) is 0 Å². The molecule has 1 rings (SSSR count). The first-order chi connectivity index (χ1) is 7.83. The minimum Gasteiger partial charge on any atom is -0.388 e. The van der Waals surface area contributed by atoms with Crippen molar-refractivity contribution >= 4 is 0 Å². The highest BCUT2D eigenvalue weighted by Gasteiger charge is 2.26. The summed E-state index contributed by atoms with van der Waals surface area (Å²) < 4.78 is 0. The summed E-state index contributed by atoms with van der Waals surface area (Å²) in [6.45, 7) is 8.19. The van der Waals surface area contributed by atoms with E-state index in [9.17, 15) is 10.2 Å². The van der Waals surface area contributed by atoms with Crippen molar-refractivity contribution in [1.82, 2.24) is 0 Å². The van der Waals surface area contributed by atoms with Gasteiger partial charge >= 0.3 is 0 Å². The maximum Gasteiger partial charge on any atom is 0.0782 e. The Morgan fingerprint density at radius 3 is 2.53 bits per heavy atom. The fourth-order valence-corrected chi connectivity index (χ4v) is 2.16. The molecule has 0 heterocycles. The molecule has 98 valence electrons. The predicted octanol–water partition coefficient (Wildman–Crippen LogP) is 3.20. The Balaban J connectivity index is 2.92. The van der Waals surface area contributed by atoms with Crippen LogP contribution in [0.25, 0.3) is 0 Å². The van der Waals surface area contributed by atoms with Gasteiger partial charge in [0.05, 0.1) is 12.2 Å². The third-order valence-corrected chi connectivity index (χ3v) is 3.83. The molecule has 1 aliphatic carbocycles. The molecule has 0 spiro atoms. The van der Waals surface area contributed by atoms with Crippen LogP contribution in [0.2, 0.25) is 0 Å². The largest absolute Gasteiger partial charge is 0.388 e. The summed E-state index contributed by atoms with van der Waals surface area (Å²) in [5, 5.41) is 20.2. The molecule has 2 nitrogen and oxygen atoms in total. The molecule has 1 aliphatic rings. The van der Waals surface area contributed by atoms with Crippen LogP contribution >= 0.6 is 0 Å². The molecular weight excluding hydrogens is 212 g/mol. The molecule has 0 unspecified atom stereocenters. The zero-order chi connectivity index (χ0) is 13.1. The third kappa shape index (κ3) is 4.29. The van der Waals surface area contributed by atoms with Crippen LogP contribution in [0.1, 0.15) is 53.4 Å². The summed E-state index contributed by atoms with van der Waals surface area (Å²) in [5.74, 6) is 0. The highest BCUT2D eigenvalue weighted by Crippen LogP contribution is 2.31. The van der Waals surface area contributed by atoms with E-state index in [1.165, 1.54) is 5.57 Å². The van der Waals surface area contributed by atoms with E-state index in [0.29, 0.717) is 6.42 Å². The summed E-state index contributed by atoms with van der Waals surface area (Å²) in [7, 11) is 0. The predicted molar refractivity (Wildman–Crippen MR) is 71.8 cm³/mol. The van der Waals surface area contributed by atoms with E-state index < -0.39 is 12.2 Å². The molecule has 2 heteroatoms. The maximum atomic E-state index is 10.2. The molecular formula is C15H26O2. The van der Waals surface area contributed by atoms with Gasteiger partial charge in [0.15, 0.2) is 0 Å². The molecule has 2 N–H and O–H groups in total. The van der Waals surface area contributed by atoms with Crippen molar-refractivity contribution in [2.45, 2.75) is 65.6 Å². The molecule has 0 saturated heterocycles. The van der Waals surface area contributed by atoms with Crippen molar-refractivity contribution < 1.29 is 10.2 Å². The van der Waals surface area contributed by atoms with Crippen LogP contribution < -0.4 is 0 Å². The smallest absolute Gasteiger partial charge is 0.0782 e. The van der Waals surface area contributed by atoms with E-state index in [2.05, 4.69) is 26.8 Å². The topological polar surface area (TPSA) is 40.5 Å². The van der Waals surface area contributed by atoms with Crippen LogP contribution in [-0.4, -0.2) is 22.4 Å². The number of aliphatic hydroxyl groups is 2. The second kappa shape index (κ2) is 5.83. The highest BCUT2D eigenvalue weighted by molar-refractivity contribution is 5.13. The minimum absolute atomic E-state index is 0.119. The van der Waals surface area contributed by atoms with Gasteiger partial charge in [0.2, 0.25) is 0 Å². The zero-order valence-electron chi connectivity index (χ0n) is 11.5. The Morgan fingerprint density at radius 2 is 1.88 bits per heavy atom. The molecule has 0 saturated carbocycles. The average molecular weight is 238 g/mol. The number of aliphatic hydroxyl groups excluding tert-OH is 2. The SMILES string of the molecule is C/C1=C/[C@@H](O)C(C)(C)CCC/C(C)=C/C[C@H]1O. The molecule has 0 amide bonds. The fraction of sp³-hybridized carbons (Fsp3) is 0.733. The second-order valence-corrected chi connectivity index (χ2v) is 6.00. The fourth-order valence-electron chi connectivity index (χ4n) is 2.16. The van der Waals surface area contributed by atoms with Crippen molar-refractivity contribution in [3.05, 3.63) is 23.3 Å². The first kappa shape index (κ1) is 14.5. The maximum absolute atomic E-state index is 10.2. The zero-order valence-corrected chi connectivity index (χ0v) is 11.5. The van der Waals surface area contributed by atoms with Crippen LogP contribution in [0, 0.1) is 5.41 Å². The van der Waals surface area contributed by atoms with Gasteiger partial charge in [-0.25, -0.2) is 0 Å². The second-order valence-electron chi connectivity index (χ2n) is 6.00. The van der Waals surface area contributed by atoms with Gasteiger partial charge in [0.25, 0.3) is 0 Å². The third-order valence-electron chi connectivity index (χ3n) is 3.83. The van der Waals surface area contributed by atoms with Gasteiger partial charge < -0.3 is 10.2 Å². The normalized spacial score (nSPS) is 37.3. The van der Waals surface area contributed by atoms with Gasteiger partial charge in [-0.15, -0.1) is 0 Å². The van der Waals surface area contributed by atoms with Crippen LogP contribution in [-0.2, 0) is 0 Å². The van der Waals surface area contributed by atoms with Crippen LogP contribution in [0.4, 0.5) is 0 Å². The van der Waals surface area contributed by atoms with Crippen LogP contribution in [0.15, 0.2) is 23.3 Å². The number of hydrogen-bond acceptors (Lipinski definition) is 2. The van der Waals surface area contributed by atoms with E-state index in [1.807, 2.05) is 13.0 Å². The van der Waals surface area contributed by atoms with Crippen molar-refractivity contribution in [2.24, 2.45) is 5.41 Å². The first-order valence-corrected chi connectivity index (χ1v) is 6.53. The Bertz CT molecular complexity index is 313. The molecule has 2 atom stereocenters. The van der Waals surface area contributed by atoms with E-state index in [4.69, 9.17) is 0 Å². The van der Waals surface area contributed by atoms with Crippen molar-refractivity contribution in [3.63, 3.8) is 0 Å². The monoisotopic (exact) mass is 238 g/mol. The molecule has 0 aromatic rings. The molecule has 0 bridgehead atoms. The van der Waals surface area contributed by atoms with Gasteiger partial charge in [-0.3, -0.25) is 0 Å². The standard InChI is InChI=1S/C15H26O2/c1-11-6-5-9-15(3,4)14(17)10-12(2)13(16)8-7-11/h7,10,13-14,16-17H,5-6,8-9H2,1-4H3/b11-7+,12-10-/t13-,14-/m1/s1. The van der Waals surface area contributed by atoms with Crippen molar-refractivity contribution in [3.8, 4) is 0 Å². The summed E-state index contributed by atoms with van der Waals surface area (Å²) in [4.78, 5) is 0. The van der Waals surface area contributed by atoms with Crippen molar-refractivity contribution in [2.75, 3.05) is 0 Å². The quantitative estimate of drug-likeness (QED) is 0.636. The van der Waals surface area contributed by atoms with Gasteiger partial charge in [-0.05, 0) is 50.5 Å². The summed E-state index contributed by atoms with van der Waals surface area (Å²) >= 11 is 0. The summed E-state index contributed by atoms with van der Waals surface area (Å²) in [5.41, 5.74) is 2.09. The molecule has 0 fully saturated rings. The number of rotatable bonds is 0. The molecule has 0 aliphatic heterocycles.